The number of hydrogen-bond acceptors (Lipinski definition) is 2. The van der Waals surface area contributed by atoms with Crippen molar-refractivity contribution < 1.29 is 9.59 Å². The molecule has 116 valence electrons. The lowest BCUT2D eigenvalue weighted by Gasteiger charge is -2.13. The molecule has 2 amide bonds. The third-order valence-corrected chi connectivity index (χ3v) is 3.53. The van der Waals surface area contributed by atoms with E-state index in [9.17, 15) is 9.59 Å². The van der Waals surface area contributed by atoms with Crippen LogP contribution in [0, 0.1) is 0 Å². The van der Waals surface area contributed by atoms with Crippen LogP contribution in [0.25, 0.3) is 0 Å². The average molecular weight is 290 g/mol. The number of nitrogens with two attached hydrogens (primary N) is 1. The zero-order chi connectivity index (χ0) is 15.7. The molecule has 4 heteroatoms. The molecule has 0 aliphatic carbocycles. The van der Waals surface area contributed by atoms with E-state index in [4.69, 9.17) is 5.73 Å². The highest BCUT2D eigenvalue weighted by Gasteiger charge is 2.13. The van der Waals surface area contributed by atoms with Gasteiger partial charge < -0.3 is 11.1 Å². The van der Waals surface area contributed by atoms with E-state index in [0.29, 0.717) is 11.3 Å². The van der Waals surface area contributed by atoms with E-state index >= 15 is 0 Å². The maximum atomic E-state index is 11.5. The topological polar surface area (TPSA) is 72.2 Å². The molecule has 1 aromatic carbocycles. The predicted molar refractivity (Wildman–Crippen MR) is 86.3 cm³/mol. The fourth-order valence-electron chi connectivity index (χ4n) is 2.48. The summed E-state index contributed by atoms with van der Waals surface area (Å²) in [7, 11) is 0. The molecule has 0 spiro atoms. The Labute approximate surface area is 127 Å². The Hall–Kier alpha value is -1.84. The van der Waals surface area contributed by atoms with E-state index in [2.05, 4.69) is 12.2 Å². The van der Waals surface area contributed by atoms with E-state index in [1.165, 1.54) is 32.6 Å². The minimum Gasteiger partial charge on any atom is -0.366 e. The van der Waals surface area contributed by atoms with Gasteiger partial charge in [0.25, 0.3) is 0 Å². The van der Waals surface area contributed by atoms with E-state index < -0.39 is 5.91 Å². The number of rotatable bonds is 9. The molecular formula is C17H26N2O2. The van der Waals surface area contributed by atoms with Crippen molar-refractivity contribution in [2.45, 2.75) is 58.8 Å². The number of carbonyl (C=O) groups excluding carboxylic acids is 2. The molecule has 0 unspecified atom stereocenters. The van der Waals surface area contributed by atoms with Gasteiger partial charge in [-0.05, 0) is 30.5 Å². The van der Waals surface area contributed by atoms with E-state index in [-0.39, 0.29) is 5.91 Å². The summed E-state index contributed by atoms with van der Waals surface area (Å²) in [4.78, 5) is 22.8. The van der Waals surface area contributed by atoms with Crippen LogP contribution in [0.5, 0.6) is 0 Å². The lowest BCUT2D eigenvalue weighted by atomic mass is 9.98. The van der Waals surface area contributed by atoms with Crippen molar-refractivity contribution in [1.29, 1.82) is 0 Å². The molecule has 0 saturated heterocycles. The van der Waals surface area contributed by atoms with Crippen molar-refractivity contribution in [1.82, 2.24) is 0 Å². The Morgan fingerprint density at radius 1 is 1.10 bits per heavy atom. The monoisotopic (exact) mass is 290 g/mol. The Morgan fingerprint density at radius 2 is 1.76 bits per heavy atom. The van der Waals surface area contributed by atoms with Crippen molar-refractivity contribution in [3.8, 4) is 0 Å². The van der Waals surface area contributed by atoms with Gasteiger partial charge in [-0.2, -0.15) is 0 Å². The maximum absolute atomic E-state index is 11.5. The van der Waals surface area contributed by atoms with Crippen molar-refractivity contribution in [3.05, 3.63) is 29.3 Å². The molecule has 0 atom stereocenters. The van der Waals surface area contributed by atoms with Crippen molar-refractivity contribution in [3.63, 3.8) is 0 Å². The van der Waals surface area contributed by atoms with Crippen LogP contribution in [0.3, 0.4) is 0 Å². The highest BCUT2D eigenvalue weighted by Crippen LogP contribution is 2.23. The molecule has 0 aliphatic rings. The van der Waals surface area contributed by atoms with Gasteiger partial charge in [-0.1, -0.05) is 45.1 Å². The van der Waals surface area contributed by atoms with Gasteiger partial charge in [-0.3, -0.25) is 9.59 Å². The van der Waals surface area contributed by atoms with Gasteiger partial charge in [0.05, 0.1) is 0 Å². The van der Waals surface area contributed by atoms with Crippen LogP contribution >= 0.6 is 0 Å². The number of unbranched alkanes of at least 4 members (excludes halogenated alkanes) is 5. The molecule has 0 saturated carbocycles. The number of nitrogens with one attached hydrogen (secondary N) is 1. The molecule has 3 N–H and O–H groups in total. The predicted octanol–water partition coefficient (Wildman–Crippen LogP) is 3.65. The van der Waals surface area contributed by atoms with Crippen LogP contribution in [-0.2, 0) is 11.2 Å². The summed E-state index contributed by atoms with van der Waals surface area (Å²) in [5.41, 5.74) is 7.50. The minimum atomic E-state index is -0.441. The lowest BCUT2D eigenvalue weighted by Crippen LogP contribution is -2.16. The van der Waals surface area contributed by atoms with Crippen LogP contribution in [0.2, 0.25) is 0 Å². The molecule has 0 aliphatic heterocycles. The average Bonchev–Trinajstić information content (AvgIpc) is 2.43. The number of amides is 2. The molecule has 0 bridgehead atoms. The molecule has 0 fully saturated rings. The highest BCUT2D eigenvalue weighted by molar-refractivity contribution is 5.98. The molecule has 0 radical (unpaired) electrons. The minimum absolute atomic E-state index is 0.138. The first-order valence-electron chi connectivity index (χ1n) is 7.75. The first-order chi connectivity index (χ1) is 10.1. The highest BCUT2D eigenvalue weighted by atomic mass is 16.1. The van der Waals surface area contributed by atoms with Crippen molar-refractivity contribution in [2.24, 2.45) is 5.73 Å². The first kappa shape index (κ1) is 17.2. The summed E-state index contributed by atoms with van der Waals surface area (Å²) in [6, 6.07) is 5.29. The van der Waals surface area contributed by atoms with E-state index in [1.54, 1.807) is 12.1 Å². The van der Waals surface area contributed by atoms with Crippen LogP contribution < -0.4 is 11.1 Å². The Bertz CT molecular complexity index is 484. The summed E-state index contributed by atoms with van der Waals surface area (Å²) >= 11 is 0. The maximum Gasteiger partial charge on any atom is 0.249 e. The first-order valence-corrected chi connectivity index (χ1v) is 7.75. The molecular weight excluding hydrogens is 264 g/mol. The fourth-order valence-corrected chi connectivity index (χ4v) is 2.48. The number of hydrogen-bond donors (Lipinski definition) is 2. The van der Waals surface area contributed by atoms with Gasteiger partial charge in [-0.15, -0.1) is 0 Å². The third-order valence-electron chi connectivity index (χ3n) is 3.53. The standard InChI is InChI=1S/C17H26N2O2/c1-3-4-5-6-7-8-10-14-15(17(18)21)11-9-12-16(14)19-13(2)20/h9,11-12H,3-8,10H2,1-2H3,(H2,18,21)(H,19,20). The van der Waals surface area contributed by atoms with Gasteiger partial charge in [-0.25, -0.2) is 0 Å². The molecule has 21 heavy (non-hydrogen) atoms. The van der Waals surface area contributed by atoms with Crippen LogP contribution in [0.1, 0.15) is 68.3 Å². The quantitative estimate of drug-likeness (QED) is 0.681. The zero-order valence-corrected chi connectivity index (χ0v) is 13.1. The zero-order valence-electron chi connectivity index (χ0n) is 13.1. The summed E-state index contributed by atoms with van der Waals surface area (Å²) in [6.07, 6.45) is 7.87. The molecule has 1 rings (SSSR count). The number of anilines is 1. The summed E-state index contributed by atoms with van der Waals surface area (Å²) < 4.78 is 0. The Balaban J connectivity index is 2.72. The SMILES string of the molecule is CCCCCCCCc1c(NC(C)=O)cccc1C(N)=O. The van der Waals surface area contributed by atoms with E-state index in [1.807, 2.05) is 6.07 Å². The second-order valence-corrected chi connectivity index (χ2v) is 5.39. The lowest BCUT2D eigenvalue weighted by molar-refractivity contribution is -0.114. The summed E-state index contributed by atoms with van der Waals surface area (Å²) in [5, 5.41) is 2.78. The Kier molecular flexibility index (Phi) is 7.51. The normalized spacial score (nSPS) is 10.4. The Morgan fingerprint density at radius 3 is 2.38 bits per heavy atom. The molecule has 0 aromatic heterocycles. The van der Waals surface area contributed by atoms with E-state index in [0.717, 1.165) is 24.8 Å². The number of carbonyl (C=O) groups is 2. The second-order valence-electron chi connectivity index (χ2n) is 5.39. The van der Waals surface area contributed by atoms with Crippen LogP contribution in [0.4, 0.5) is 5.69 Å². The summed E-state index contributed by atoms with van der Waals surface area (Å²) in [6.45, 7) is 3.66. The third kappa shape index (κ3) is 5.98. The van der Waals surface area contributed by atoms with Gasteiger partial charge in [0.15, 0.2) is 0 Å². The number of primary amides is 1. The molecule has 1 aromatic rings. The largest absolute Gasteiger partial charge is 0.366 e. The van der Waals surface area contributed by atoms with Gasteiger partial charge in [0.1, 0.15) is 0 Å². The van der Waals surface area contributed by atoms with Crippen LogP contribution in [-0.4, -0.2) is 11.8 Å². The second kappa shape index (κ2) is 9.16. The molecule has 4 nitrogen and oxygen atoms in total. The van der Waals surface area contributed by atoms with Crippen molar-refractivity contribution >= 4 is 17.5 Å². The van der Waals surface area contributed by atoms with Crippen molar-refractivity contribution in [2.75, 3.05) is 5.32 Å². The molecule has 0 heterocycles. The summed E-state index contributed by atoms with van der Waals surface area (Å²) in [5.74, 6) is -0.580. The van der Waals surface area contributed by atoms with Gasteiger partial charge >= 0.3 is 0 Å². The number of benzene rings is 1. The van der Waals surface area contributed by atoms with Gasteiger partial charge in [0, 0.05) is 18.2 Å². The fraction of sp³-hybridized carbons (Fsp3) is 0.529. The van der Waals surface area contributed by atoms with Crippen LogP contribution in [0.15, 0.2) is 18.2 Å². The van der Waals surface area contributed by atoms with Gasteiger partial charge in [0.2, 0.25) is 11.8 Å². The smallest absolute Gasteiger partial charge is 0.249 e.